The molecule has 2 heterocycles. The average molecular weight is 314 g/mol. The quantitative estimate of drug-likeness (QED) is 0.573. The van der Waals surface area contributed by atoms with E-state index in [1.165, 1.54) is 16.8 Å². The van der Waals surface area contributed by atoms with Crippen molar-refractivity contribution in [2.24, 2.45) is 0 Å². The van der Waals surface area contributed by atoms with Gasteiger partial charge in [0.2, 0.25) is 5.56 Å². The number of hydrogen-bond acceptors (Lipinski definition) is 5. The van der Waals surface area contributed by atoms with Gasteiger partial charge in [0.1, 0.15) is 25.1 Å². The van der Waals surface area contributed by atoms with Gasteiger partial charge in [0.25, 0.3) is 0 Å². The SMILES string of the molecule is Cc1ncc([N+](=O)[O-])n1CCOc1ccc2[nH]c(=O)ccc2c1. The van der Waals surface area contributed by atoms with Crippen molar-refractivity contribution >= 4 is 16.7 Å². The molecule has 3 rings (SSSR count). The van der Waals surface area contributed by atoms with Crippen molar-refractivity contribution in [1.29, 1.82) is 0 Å². The first-order valence-electron chi connectivity index (χ1n) is 6.97. The number of fused-ring (bicyclic) bond motifs is 1. The second kappa shape index (κ2) is 5.91. The zero-order valence-electron chi connectivity index (χ0n) is 12.4. The molecule has 0 amide bonds. The molecule has 0 fully saturated rings. The zero-order chi connectivity index (χ0) is 16.4. The van der Waals surface area contributed by atoms with Crippen LogP contribution in [-0.2, 0) is 6.54 Å². The predicted octanol–water partition coefficient (Wildman–Crippen LogP) is 2.02. The number of rotatable bonds is 5. The van der Waals surface area contributed by atoms with Gasteiger partial charge in [-0.25, -0.2) is 9.55 Å². The molecule has 8 nitrogen and oxygen atoms in total. The highest BCUT2D eigenvalue weighted by Crippen LogP contribution is 2.19. The molecule has 0 unspecified atom stereocenters. The van der Waals surface area contributed by atoms with Crippen LogP contribution in [0.3, 0.4) is 0 Å². The number of H-pyrrole nitrogens is 1. The molecule has 2 aromatic heterocycles. The molecule has 3 aromatic rings. The third-order valence-corrected chi connectivity index (χ3v) is 3.50. The summed E-state index contributed by atoms with van der Waals surface area (Å²) in [6.45, 7) is 2.30. The Morgan fingerprint density at radius 2 is 2.17 bits per heavy atom. The van der Waals surface area contributed by atoms with E-state index in [0.717, 1.165) is 10.9 Å². The van der Waals surface area contributed by atoms with Crippen molar-refractivity contribution in [1.82, 2.24) is 14.5 Å². The summed E-state index contributed by atoms with van der Waals surface area (Å²) in [5.74, 6) is 1.14. The van der Waals surface area contributed by atoms with Gasteiger partial charge in [0, 0.05) is 23.9 Å². The number of imidazole rings is 1. The Morgan fingerprint density at radius 1 is 1.35 bits per heavy atom. The van der Waals surface area contributed by atoms with E-state index in [4.69, 9.17) is 4.74 Å². The van der Waals surface area contributed by atoms with Gasteiger partial charge in [-0.2, -0.15) is 0 Å². The minimum Gasteiger partial charge on any atom is -0.489 e. The van der Waals surface area contributed by atoms with Gasteiger partial charge in [-0.15, -0.1) is 0 Å². The molecule has 0 saturated heterocycles. The Kier molecular flexibility index (Phi) is 3.80. The van der Waals surface area contributed by atoms with Gasteiger partial charge in [0.15, 0.2) is 5.82 Å². The second-order valence-corrected chi connectivity index (χ2v) is 4.99. The monoisotopic (exact) mass is 314 g/mol. The van der Waals surface area contributed by atoms with Crippen molar-refractivity contribution < 1.29 is 9.66 Å². The number of aromatic amines is 1. The third kappa shape index (κ3) is 3.05. The number of hydrogen-bond donors (Lipinski definition) is 1. The molecule has 0 aliphatic rings. The number of ether oxygens (including phenoxy) is 1. The van der Waals surface area contributed by atoms with E-state index in [1.807, 2.05) is 0 Å². The number of aromatic nitrogens is 3. The molecule has 0 atom stereocenters. The summed E-state index contributed by atoms with van der Waals surface area (Å²) in [6, 6.07) is 8.47. The van der Waals surface area contributed by atoms with Crippen LogP contribution in [-0.4, -0.2) is 26.1 Å². The first-order chi connectivity index (χ1) is 11.0. The molecule has 0 aliphatic heterocycles. The normalized spacial score (nSPS) is 10.8. The van der Waals surface area contributed by atoms with Crippen LogP contribution in [0.2, 0.25) is 0 Å². The highest BCUT2D eigenvalue weighted by Gasteiger charge is 2.16. The molecule has 0 aliphatic carbocycles. The number of nitro groups is 1. The van der Waals surface area contributed by atoms with E-state index < -0.39 is 4.92 Å². The number of aryl methyl sites for hydroxylation is 1. The van der Waals surface area contributed by atoms with Crippen LogP contribution in [0.15, 0.2) is 41.3 Å². The number of nitrogens with one attached hydrogen (secondary N) is 1. The van der Waals surface area contributed by atoms with Crippen LogP contribution in [0, 0.1) is 17.0 Å². The van der Waals surface area contributed by atoms with Crippen molar-refractivity contribution in [2.45, 2.75) is 13.5 Å². The maximum absolute atomic E-state index is 11.2. The van der Waals surface area contributed by atoms with Crippen LogP contribution in [0.25, 0.3) is 10.9 Å². The molecular weight excluding hydrogens is 300 g/mol. The molecule has 0 bridgehead atoms. The van der Waals surface area contributed by atoms with Gasteiger partial charge in [-0.3, -0.25) is 4.79 Å². The van der Waals surface area contributed by atoms with E-state index >= 15 is 0 Å². The molecule has 0 radical (unpaired) electrons. The summed E-state index contributed by atoms with van der Waals surface area (Å²) in [7, 11) is 0. The largest absolute Gasteiger partial charge is 0.489 e. The Morgan fingerprint density at radius 3 is 2.96 bits per heavy atom. The lowest BCUT2D eigenvalue weighted by molar-refractivity contribution is -0.392. The van der Waals surface area contributed by atoms with Crippen LogP contribution in [0.4, 0.5) is 5.82 Å². The van der Waals surface area contributed by atoms with Crippen LogP contribution < -0.4 is 10.3 Å². The summed E-state index contributed by atoms with van der Waals surface area (Å²) in [6.07, 6.45) is 1.24. The minimum absolute atomic E-state index is 0.0535. The molecule has 118 valence electrons. The van der Waals surface area contributed by atoms with E-state index in [0.29, 0.717) is 18.1 Å². The molecule has 8 heteroatoms. The van der Waals surface area contributed by atoms with Gasteiger partial charge in [0.05, 0.1) is 0 Å². The topological polar surface area (TPSA) is 103 Å². The Balaban J connectivity index is 1.72. The maximum atomic E-state index is 11.2. The first-order valence-corrected chi connectivity index (χ1v) is 6.97. The fourth-order valence-corrected chi connectivity index (χ4v) is 2.36. The summed E-state index contributed by atoms with van der Waals surface area (Å²) in [5.41, 5.74) is 0.569. The average Bonchev–Trinajstić information content (AvgIpc) is 2.89. The minimum atomic E-state index is -0.466. The Bertz CT molecular complexity index is 929. The van der Waals surface area contributed by atoms with Crippen LogP contribution in [0.1, 0.15) is 5.82 Å². The van der Waals surface area contributed by atoms with Crippen molar-refractivity contribution in [3.8, 4) is 5.75 Å². The Labute approximate surface area is 130 Å². The predicted molar refractivity (Wildman–Crippen MR) is 83.7 cm³/mol. The lowest BCUT2D eigenvalue weighted by Gasteiger charge is -2.07. The Hall–Kier alpha value is -3.16. The third-order valence-electron chi connectivity index (χ3n) is 3.50. The molecule has 1 N–H and O–H groups in total. The van der Waals surface area contributed by atoms with E-state index in [2.05, 4.69) is 9.97 Å². The maximum Gasteiger partial charge on any atom is 0.342 e. The lowest BCUT2D eigenvalue weighted by Crippen LogP contribution is -2.12. The van der Waals surface area contributed by atoms with Gasteiger partial charge < -0.3 is 19.8 Å². The number of nitrogens with zero attached hydrogens (tertiary/aromatic N) is 3. The summed E-state index contributed by atoms with van der Waals surface area (Å²) in [5, 5.41) is 11.8. The highest BCUT2D eigenvalue weighted by molar-refractivity contribution is 5.79. The lowest BCUT2D eigenvalue weighted by atomic mass is 10.2. The van der Waals surface area contributed by atoms with Gasteiger partial charge in [-0.1, -0.05) is 0 Å². The van der Waals surface area contributed by atoms with Crippen LogP contribution >= 0.6 is 0 Å². The summed E-state index contributed by atoms with van der Waals surface area (Å²) in [4.78, 5) is 28.4. The van der Waals surface area contributed by atoms with Crippen LogP contribution in [0.5, 0.6) is 5.75 Å². The first kappa shape index (κ1) is 14.8. The van der Waals surface area contributed by atoms with E-state index in [-0.39, 0.29) is 18.0 Å². The molecule has 23 heavy (non-hydrogen) atoms. The van der Waals surface area contributed by atoms with Crippen molar-refractivity contribution in [2.75, 3.05) is 6.61 Å². The fraction of sp³-hybridized carbons (Fsp3) is 0.200. The van der Waals surface area contributed by atoms with E-state index in [9.17, 15) is 14.9 Å². The molecular formula is C15H14N4O4. The zero-order valence-corrected chi connectivity index (χ0v) is 12.4. The van der Waals surface area contributed by atoms with Crippen molar-refractivity contribution in [3.05, 3.63) is 62.8 Å². The number of pyridine rings is 1. The summed E-state index contributed by atoms with van der Waals surface area (Å²) < 4.78 is 7.14. The molecule has 1 aromatic carbocycles. The smallest absolute Gasteiger partial charge is 0.342 e. The summed E-state index contributed by atoms with van der Waals surface area (Å²) >= 11 is 0. The standard InChI is InChI=1S/C15H14N4O4/c1-10-16-9-15(19(21)22)18(10)6-7-23-12-3-4-13-11(8-12)2-5-14(20)17-13/h2-5,8-9H,6-7H2,1H3,(H,17,20). The second-order valence-electron chi connectivity index (χ2n) is 4.99. The van der Waals surface area contributed by atoms with Crippen molar-refractivity contribution in [3.63, 3.8) is 0 Å². The molecule has 0 spiro atoms. The van der Waals surface area contributed by atoms with Gasteiger partial charge >= 0.3 is 5.82 Å². The number of benzene rings is 1. The van der Waals surface area contributed by atoms with E-state index in [1.54, 1.807) is 31.2 Å². The highest BCUT2D eigenvalue weighted by atomic mass is 16.6. The fourth-order valence-electron chi connectivity index (χ4n) is 2.36. The van der Waals surface area contributed by atoms with Gasteiger partial charge in [-0.05, 0) is 29.2 Å². The molecule has 0 saturated carbocycles.